The minimum atomic E-state index is -1.60. The second-order valence-corrected chi connectivity index (χ2v) is 7.15. The smallest absolute Gasteiger partial charge is 0.320 e. The Morgan fingerprint density at radius 1 is 1.12 bits per heavy atom. The predicted octanol–water partition coefficient (Wildman–Crippen LogP) is 4.04. The van der Waals surface area contributed by atoms with E-state index in [0.29, 0.717) is 12.6 Å². The van der Waals surface area contributed by atoms with Gasteiger partial charge < -0.3 is 10.1 Å². The quantitative estimate of drug-likeness (QED) is 0.263. The third-order valence-corrected chi connectivity index (χ3v) is 3.49. The van der Waals surface area contributed by atoms with Crippen LogP contribution in [0.5, 0.6) is 5.75 Å². The van der Waals surface area contributed by atoms with Gasteiger partial charge in [0.15, 0.2) is 11.6 Å². The van der Waals surface area contributed by atoms with E-state index < -0.39 is 41.5 Å². The Morgan fingerprint density at radius 3 is 2.36 bits per heavy atom. The van der Waals surface area contributed by atoms with Gasteiger partial charge in [-0.05, 0) is 36.8 Å². The zero-order chi connectivity index (χ0) is 19.2. The first-order valence-corrected chi connectivity index (χ1v) is 8.13. The molecule has 1 amide bonds. The van der Waals surface area contributed by atoms with Gasteiger partial charge >= 0.3 is 5.97 Å². The fraction of sp³-hybridized carbons (Fsp3) is 0.556. The Morgan fingerprint density at radius 2 is 1.76 bits per heavy atom. The molecule has 0 radical (unpaired) electrons. The number of ether oxygens (including phenoxy) is 1. The van der Waals surface area contributed by atoms with Crippen molar-refractivity contribution in [3.8, 4) is 5.75 Å². The number of hydrogen-bond donors (Lipinski definition) is 1. The molecule has 0 aliphatic rings. The van der Waals surface area contributed by atoms with Crippen molar-refractivity contribution in [2.45, 2.75) is 53.4 Å². The third-order valence-electron chi connectivity index (χ3n) is 3.49. The summed E-state index contributed by atoms with van der Waals surface area (Å²) in [6, 6.07) is 0.659. The molecule has 1 N–H and O–H groups in total. The van der Waals surface area contributed by atoms with E-state index in [0.717, 1.165) is 19.3 Å². The van der Waals surface area contributed by atoms with Crippen molar-refractivity contribution in [3.63, 3.8) is 0 Å². The van der Waals surface area contributed by atoms with Crippen LogP contribution >= 0.6 is 0 Å². The lowest BCUT2D eigenvalue weighted by Gasteiger charge is -2.17. The highest BCUT2D eigenvalue weighted by atomic mass is 19.2. The molecular weight excluding hydrogens is 335 g/mol. The first kappa shape index (κ1) is 21.0. The van der Waals surface area contributed by atoms with Gasteiger partial charge in [0.2, 0.25) is 17.5 Å². The SMILES string of the molecule is Cc1cc(F)c(F)c(OC(=O)CC(=O)NCCCCC(C)(C)C)c1F. The Labute approximate surface area is 145 Å². The first-order valence-electron chi connectivity index (χ1n) is 8.13. The summed E-state index contributed by atoms with van der Waals surface area (Å²) in [6.07, 6.45) is 1.98. The predicted molar refractivity (Wildman–Crippen MR) is 87.6 cm³/mol. The topological polar surface area (TPSA) is 55.4 Å². The molecule has 0 heterocycles. The molecule has 0 bridgehead atoms. The van der Waals surface area contributed by atoms with Crippen LogP contribution in [0.3, 0.4) is 0 Å². The maximum Gasteiger partial charge on any atom is 0.320 e. The van der Waals surface area contributed by atoms with E-state index in [4.69, 9.17) is 0 Å². The molecule has 1 aromatic carbocycles. The highest BCUT2D eigenvalue weighted by Gasteiger charge is 2.22. The van der Waals surface area contributed by atoms with Crippen LogP contribution in [0.4, 0.5) is 13.2 Å². The van der Waals surface area contributed by atoms with Crippen molar-refractivity contribution in [2.24, 2.45) is 5.41 Å². The summed E-state index contributed by atoms with van der Waals surface area (Å²) in [4.78, 5) is 23.3. The van der Waals surface area contributed by atoms with Crippen LogP contribution in [0.2, 0.25) is 0 Å². The molecule has 4 nitrogen and oxygen atoms in total. The number of amides is 1. The molecule has 0 spiro atoms. The number of nitrogens with one attached hydrogen (secondary N) is 1. The minimum absolute atomic E-state index is 0.204. The first-order chi connectivity index (χ1) is 11.5. The van der Waals surface area contributed by atoms with Gasteiger partial charge in [0.1, 0.15) is 6.42 Å². The number of halogens is 3. The lowest BCUT2D eigenvalue weighted by molar-refractivity contribution is -0.138. The molecule has 7 heteroatoms. The standard InChI is InChI=1S/C18H24F3NO3/c1-11-9-12(19)16(21)17(15(11)20)25-14(24)10-13(23)22-8-6-5-7-18(2,3)4/h9H,5-8,10H2,1-4H3,(H,22,23). The molecule has 25 heavy (non-hydrogen) atoms. The van der Waals surface area contributed by atoms with Crippen molar-refractivity contribution in [1.29, 1.82) is 0 Å². The minimum Gasteiger partial charge on any atom is -0.420 e. The molecule has 0 fully saturated rings. The second kappa shape index (κ2) is 8.87. The number of carbonyl (C=O) groups excluding carboxylic acids is 2. The van der Waals surface area contributed by atoms with Gasteiger partial charge in [0.25, 0.3) is 0 Å². The highest BCUT2D eigenvalue weighted by molar-refractivity contribution is 5.95. The summed E-state index contributed by atoms with van der Waals surface area (Å²) in [5.41, 5.74) is 0.00964. The average Bonchev–Trinajstić information content (AvgIpc) is 2.48. The van der Waals surface area contributed by atoms with E-state index in [1.807, 2.05) is 0 Å². The summed E-state index contributed by atoms with van der Waals surface area (Å²) < 4.78 is 45.0. The maximum absolute atomic E-state index is 13.7. The Hall–Kier alpha value is -2.05. The van der Waals surface area contributed by atoms with Gasteiger partial charge in [-0.15, -0.1) is 0 Å². The number of rotatable bonds is 7. The largest absolute Gasteiger partial charge is 0.420 e. The number of esters is 1. The van der Waals surface area contributed by atoms with Gasteiger partial charge in [0.05, 0.1) is 0 Å². The van der Waals surface area contributed by atoms with Crippen LogP contribution in [0.25, 0.3) is 0 Å². The van der Waals surface area contributed by atoms with Gasteiger partial charge in [-0.25, -0.2) is 8.78 Å². The van der Waals surface area contributed by atoms with E-state index in [9.17, 15) is 22.8 Å². The summed E-state index contributed by atoms with van der Waals surface area (Å²) in [5, 5.41) is 2.54. The molecule has 0 atom stereocenters. The number of benzene rings is 1. The fourth-order valence-electron chi connectivity index (χ4n) is 2.14. The summed E-state index contributed by atoms with van der Waals surface area (Å²) in [6.45, 7) is 7.96. The van der Waals surface area contributed by atoms with E-state index in [2.05, 4.69) is 30.8 Å². The van der Waals surface area contributed by atoms with Crippen molar-refractivity contribution < 1.29 is 27.5 Å². The zero-order valence-electron chi connectivity index (χ0n) is 15.0. The monoisotopic (exact) mass is 359 g/mol. The number of aryl methyl sites for hydroxylation is 1. The Balaban J connectivity index is 2.46. The summed E-state index contributed by atoms with van der Waals surface area (Å²) >= 11 is 0. The normalized spacial score (nSPS) is 11.3. The molecule has 0 saturated heterocycles. The zero-order valence-corrected chi connectivity index (χ0v) is 15.0. The van der Waals surface area contributed by atoms with Crippen LogP contribution in [0.1, 0.15) is 52.0 Å². The molecule has 1 aromatic rings. The molecule has 0 aliphatic heterocycles. The Bertz CT molecular complexity index is 613. The maximum atomic E-state index is 13.7. The molecule has 0 saturated carbocycles. The fourth-order valence-corrected chi connectivity index (χ4v) is 2.14. The third kappa shape index (κ3) is 7.15. The van der Waals surface area contributed by atoms with E-state index in [1.165, 1.54) is 6.92 Å². The van der Waals surface area contributed by atoms with Gasteiger partial charge in [0, 0.05) is 6.54 Å². The Kier molecular flexibility index (Phi) is 7.45. The van der Waals surface area contributed by atoms with Crippen molar-refractivity contribution in [3.05, 3.63) is 29.1 Å². The van der Waals surface area contributed by atoms with Gasteiger partial charge in [-0.3, -0.25) is 9.59 Å². The van der Waals surface area contributed by atoms with Crippen LogP contribution in [-0.4, -0.2) is 18.4 Å². The van der Waals surface area contributed by atoms with Crippen LogP contribution < -0.4 is 10.1 Å². The van der Waals surface area contributed by atoms with E-state index >= 15 is 0 Å². The molecule has 0 unspecified atom stereocenters. The van der Waals surface area contributed by atoms with Crippen LogP contribution in [0, 0.1) is 29.8 Å². The lowest BCUT2D eigenvalue weighted by atomic mass is 9.90. The van der Waals surface area contributed by atoms with Crippen molar-refractivity contribution in [2.75, 3.05) is 6.54 Å². The summed E-state index contributed by atoms with van der Waals surface area (Å²) in [7, 11) is 0. The molecule has 1 rings (SSSR count). The molecule has 0 aromatic heterocycles. The molecule has 140 valence electrons. The van der Waals surface area contributed by atoms with Crippen LogP contribution in [0.15, 0.2) is 6.07 Å². The van der Waals surface area contributed by atoms with Crippen molar-refractivity contribution >= 4 is 11.9 Å². The van der Waals surface area contributed by atoms with Gasteiger partial charge in [-0.2, -0.15) is 4.39 Å². The van der Waals surface area contributed by atoms with Crippen molar-refractivity contribution in [1.82, 2.24) is 5.32 Å². The molecule has 0 aliphatic carbocycles. The summed E-state index contributed by atoms with van der Waals surface area (Å²) in [5.74, 6) is -7.00. The lowest BCUT2D eigenvalue weighted by Crippen LogP contribution is -2.28. The second-order valence-electron chi connectivity index (χ2n) is 7.15. The number of carbonyl (C=O) groups is 2. The van der Waals surface area contributed by atoms with E-state index in [1.54, 1.807) is 0 Å². The molecular formula is C18H24F3NO3. The average molecular weight is 359 g/mol. The number of hydrogen-bond acceptors (Lipinski definition) is 3. The van der Waals surface area contributed by atoms with Gasteiger partial charge in [-0.1, -0.05) is 27.2 Å². The number of unbranched alkanes of at least 4 members (excludes halogenated alkanes) is 1. The van der Waals surface area contributed by atoms with Crippen LogP contribution in [-0.2, 0) is 9.59 Å². The highest BCUT2D eigenvalue weighted by Crippen LogP contribution is 2.27. The van der Waals surface area contributed by atoms with E-state index in [-0.39, 0.29) is 11.0 Å².